The van der Waals surface area contributed by atoms with Gasteiger partial charge in [-0.15, -0.1) is 4.40 Å². The van der Waals surface area contributed by atoms with Gasteiger partial charge in [-0.1, -0.05) is 12.1 Å². The highest BCUT2D eigenvalue weighted by Gasteiger charge is 2.31. The molecule has 1 saturated heterocycles. The molecule has 0 aliphatic carbocycles. The van der Waals surface area contributed by atoms with E-state index >= 15 is 0 Å². The average Bonchev–Trinajstić information content (AvgIpc) is 3.34. The van der Waals surface area contributed by atoms with Gasteiger partial charge in [0.15, 0.2) is 5.84 Å². The molecule has 3 heterocycles. The number of hydrogen-bond donors (Lipinski definition) is 1. The van der Waals surface area contributed by atoms with Crippen molar-refractivity contribution >= 4 is 27.5 Å². The van der Waals surface area contributed by atoms with Crippen molar-refractivity contribution in [1.29, 1.82) is 0 Å². The lowest BCUT2D eigenvalue weighted by Crippen LogP contribution is -2.39. The predicted molar refractivity (Wildman–Crippen MR) is 123 cm³/mol. The minimum Gasteiger partial charge on any atom is -0.353 e. The fourth-order valence-electron chi connectivity index (χ4n) is 4.50. The molecule has 2 aromatic carbocycles. The van der Waals surface area contributed by atoms with Crippen molar-refractivity contribution < 1.29 is 13.2 Å². The van der Waals surface area contributed by atoms with Crippen molar-refractivity contribution in [2.45, 2.75) is 30.2 Å². The number of aromatic nitrogens is 1. The second-order valence-corrected chi connectivity index (χ2v) is 9.74. The quantitative estimate of drug-likeness (QED) is 0.658. The van der Waals surface area contributed by atoms with Gasteiger partial charge in [0.2, 0.25) is 0 Å². The number of rotatable bonds is 3. The van der Waals surface area contributed by atoms with Gasteiger partial charge in [0, 0.05) is 42.3 Å². The molecule has 2 aliphatic rings. The molecule has 0 unspecified atom stereocenters. The lowest BCUT2D eigenvalue weighted by atomic mass is 9.98. The molecule has 0 spiro atoms. The Kier molecular flexibility index (Phi) is 5.09. The van der Waals surface area contributed by atoms with Crippen molar-refractivity contribution in [2.24, 2.45) is 11.4 Å². The van der Waals surface area contributed by atoms with Gasteiger partial charge in [-0.25, -0.2) is 0 Å². The number of nitrogens with zero attached hydrogens (tertiary/aromatic N) is 3. The first-order valence-electron chi connectivity index (χ1n) is 10.7. The van der Waals surface area contributed by atoms with Gasteiger partial charge in [0.05, 0.1) is 6.04 Å². The van der Waals surface area contributed by atoms with Crippen LogP contribution >= 0.6 is 0 Å². The van der Waals surface area contributed by atoms with Gasteiger partial charge in [-0.3, -0.25) is 4.79 Å². The molecule has 8 heteroatoms. The number of hydrogen-bond acceptors (Lipinski definition) is 4. The summed E-state index contributed by atoms with van der Waals surface area (Å²) in [5.74, 6) is 0.299. The minimum absolute atomic E-state index is 0.00794. The zero-order valence-electron chi connectivity index (χ0n) is 17.7. The number of piperidine rings is 1. The van der Waals surface area contributed by atoms with Crippen molar-refractivity contribution in [1.82, 2.24) is 9.47 Å². The summed E-state index contributed by atoms with van der Waals surface area (Å²) in [7, 11) is -1.67. The molecule has 1 aromatic heterocycles. The molecular formula is C24H24N4O3S. The van der Waals surface area contributed by atoms with Crippen molar-refractivity contribution in [3.05, 3.63) is 83.7 Å². The van der Waals surface area contributed by atoms with E-state index in [1.807, 2.05) is 24.2 Å². The predicted octanol–water partition coefficient (Wildman–Crippen LogP) is 3.95. The van der Waals surface area contributed by atoms with Gasteiger partial charge in [0.25, 0.3) is 15.9 Å². The summed E-state index contributed by atoms with van der Waals surface area (Å²) in [5.41, 5.74) is 2.98. The van der Waals surface area contributed by atoms with Gasteiger partial charge in [0.1, 0.15) is 4.90 Å². The first-order valence-corrected chi connectivity index (χ1v) is 12.1. The molecule has 0 radical (unpaired) electrons. The molecule has 1 fully saturated rings. The molecule has 164 valence electrons. The third kappa shape index (κ3) is 3.60. The number of amidine groups is 1. The van der Waals surface area contributed by atoms with Gasteiger partial charge in [-0.2, -0.15) is 8.42 Å². The van der Waals surface area contributed by atoms with Crippen LogP contribution in [-0.2, 0) is 17.1 Å². The maximum absolute atomic E-state index is 13.3. The standard InChI is InChI=1S/C24H24N4O3S/c1-27-15-6-9-20(27)21-8-4-5-16-28(21)24(29)17-11-13-18(14-12-17)25-23-19-7-2-3-10-22(19)32(30,31)26-23/h2-3,6-7,9-15,21H,4-5,8,16H2,1H3,(H,25,26)/t21-/m0/s1. The second-order valence-electron chi connectivity index (χ2n) is 8.17. The summed E-state index contributed by atoms with van der Waals surface area (Å²) in [6.45, 7) is 0.736. The SMILES string of the molecule is Cn1cccc1[C@@H]1CCCCN1C(=O)c1ccc(NC2=NS(=O)(=O)c3ccccc32)cc1. The number of amides is 1. The Labute approximate surface area is 187 Å². The summed E-state index contributed by atoms with van der Waals surface area (Å²) in [6.07, 6.45) is 5.07. The van der Waals surface area contributed by atoms with E-state index in [0.29, 0.717) is 22.6 Å². The Morgan fingerprint density at radius 2 is 1.81 bits per heavy atom. The number of nitrogens with one attached hydrogen (secondary N) is 1. The van der Waals surface area contributed by atoms with E-state index in [9.17, 15) is 13.2 Å². The molecule has 1 N–H and O–H groups in total. The van der Waals surface area contributed by atoms with E-state index in [1.165, 1.54) is 0 Å². The highest BCUT2D eigenvalue weighted by Crippen LogP contribution is 2.32. The number of likely N-dealkylation sites (tertiary alicyclic amines) is 1. The van der Waals surface area contributed by atoms with Crippen LogP contribution in [0.15, 0.2) is 76.2 Å². The van der Waals surface area contributed by atoms with Crippen molar-refractivity contribution in [3.63, 3.8) is 0 Å². The molecular weight excluding hydrogens is 424 g/mol. The van der Waals surface area contributed by atoms with E-state index in [0.717, 1.165) is 31.5 Å². The Bertz CT molecular complexity index is 1310. The Hall–Kier alpha value is -3.39. The minimum atomic E-state index is -3.68. The van der Waals surface area contributed by atoms with Crippen LogP contribution in [0.5, 0.6) is 0 Å². The number of carbonyl (C=O) groups excluding carboxylic acids is 1. The fraction of sp³-hybridized carbons (Fsp3) is 0.250. The summed E-state index contributed by atoms with van der Waals surface area (Å²) >= 11 is 0. The molecule has 7 nitrogen and oxygen atoms in total. The zero-order chi connectivity index (χ0) is 22.3. The summed E-state index contributed by atoms with van der Waals surface area (Å²) in [4.78, 5) is 15.5. The number of carbonyl (C=O) groups is 1. The van der Waals surface area contributed by atoms with Crippen LogP contribution in [-0.4, -0.2) is 36.2 Å². The number of sulfonamides is 1. The highest BCUT2D eigenvalue weighted by molar-refractivity contribution is 7.90. The summed E-state index contributed by atoms with van der Waals surface area (Å²) in [6, 6.07) is 18.0. The molecule has 1 amide bonds. The van der Waals surface area contributed by atoms with E-state index in [4.69, 9.17) is 0 Å². The smallest absolute Gasteiger partial charge is 0.285 e. The zero-order valence-corrected chi connectivity index (χ0v) is 18.5. The third-order valence-electron chi connectivity index (χ3n) is 6.12. The fourth-order valence-corrected chi connectivity index (χ4v) is 5.67. The third-order valence-corrected chi connectivity index (χ3v) is 7.45. The van der Waals surface area contributed by atoms with Crippen LogP contribution in [0.2, 0.25) is 0 Å². The van der Waals surface area contributed by atoms with Crippen molar-refractivity contribution in [2.75, 3.05) is 11.9 Å². The lowest BCUT2D eigenvalue weighted by molar-refractivity contribution is 0.0602. The second kappa shape index (κ2) is 7.94. The topological polar surface area (TPSA) is 83.8 Å². The van der Waals surface area contributed by atoms with Crippen LogP contribution in [0.1, 0.15) is 46.9 Å². The Morgan fingerprint density at radius 3 is 2.56 bits per heavy atom. The maximum Gasteiger partial charge on any atom is 0.285 e. The molecule has 1 atom stereocenters. The molecule has 2 aliphatic heterocycles. The Balaban J connectivity index is 1.36. The number of anilines is 1. The molecule has 32 heavy (non-hydrogen) atoms. The van der Waals surface area contributed by atoms with E-state index in [-0.39, 0.29) is 16.8 Å². The van der Waals surface area contributed by atoms with Gasteiger partial charge < -0.3 is 14.8 Å². The van der Waals surface area contributed by atoms with Crippen LogP contribution in [0, 0.1) is 0 Å². The molecule has 0 saturated carbocycles. The highest BCUT2D eigenvalue weighted by atomic mass is 32.2. The first kappa shape index (κ1) is 20.5. The van der Waals surface area contributed by atoms with Crippen LogP contribution < -0.4 is 5.32 Å². The van der Waals surface area contributed by atoms with Crippen LogP contribution in [0.4, 0.5) is 5.69 Å². The van der Waals surface area contributed by atoms with Gasteiger partial charge in [-0.05, 0) is 67.8 Å². The van der Waals surface area contributed by atoms with Crippen molar-refractivity contribution in [3.8, 4) is 0 Å². The molecule has 3 aromatic rings. The summed E-state index contributed by atoms with van der Waals surface area (Å²) < 4.78 is 30.4. The largest absolute Gasteiger partial charge is 0.353 e. The van der Waals surface area contributed by atoms with E-state index in [1.54, 1.807) is 48.5 Å². The van der Waals surface area contributed by atoms with Crippen LogP contribution in [0.25, 0.3) is 0 Å². The molecule has 0 bridgehead atoms. The summed E-state index contributed by atoms with van der Waals surface area (Å²) in [5, 5.41) is 3.08. The number of aryl methyl sites for hydroxylation is 1. The van der Waals surface area contributed by atoms with Gasteiger partial charge >= 0.3 is 0 Å². The van der Waals surface area contributed by atoms with Crippen LogP contribution in [0.3, 0.4) is 0 Å². The number of fused-ring (bicyclic) bond motifs is 1. The normalized spacial score (nSPS) is 19.3. The van der Waals surface area contributed by atoms with E-state index in [2.05, 4.69) is 20.3 Å². The Morgan fingerprint density at radius 1 is 1.03 bits per heavy atom. The first-order chi connectivity index (χ1) is 15.4. The maximum atomic E-state index is 13.3. The number of benzene rings is 2. The monoisotopic (exact) mass is 448 g/mol. The lowest BCUT2D eigenvalue weighted by Gasteiger charge is -2.36. The average molecular weight is 449 g/mol. The van der Waals surface area contributed by atoms with E-state index < -0.39 is 10.0 Å². The molecule has 5 rings (SSSR count).